The third-order valence-electron chi connectivity index (χ3n) is 6.00. The Kier molecular flexibility index (Phi) is 4.97. The summed E-state index contributed by atoms with van der Waals surface area (Å²) >= 11 is 0.972. The van der Waals surface area contributed by atoms with E-state index in [2.05, 4.69) is 10.1 Å². The van der Waals surface area contributed by atoms with Gasteiger partial charge in [-0.2, -0.15) is 23.3 Å². The molecule has 1 aromatic carbocycles. The minimum absolute atomic E-state index is 0.0382. The van der Waals surface area contributed by atoms with Crippen LogP contribution in [0.3, 0.4) is 0 Å². The molecule has 0 spiro atoms. The average Bonchev–Trinajstić information content (AvgIpc) is 3.25. The van der Waals surface area contributed by atoms with Crippen molar-refractivity contribution >= 4 is 22.2 Å². The highest BCUT2D eigenvalue weighted by Gasteiger charge is 2.69. The van der Waals surface area contributed by atoms with Gasteiger partial charge in [0.05, 0.1) is 17.3 Å². The number of anilines is 1. The lowest BCUT2D eigenvalue weighted by Crippen LogP contribution is -2.61. The topological polar surface area (TPSA) is 48.7 Å². The Hall–Kier alpha value is -2.00. The third kappa shape index (κ3) is 3.32. The van der Waals surface area contributed by atoms with Crippen molar-refractivity contribution in [1.29, 1.82) is 0 Å². The Bertz CT molecular complexity index is 964. The second-order valence-corrected chi connectivity index (χ2v) is 9.82. The van der Waals surface area contributed by atoms with Crippen LogP contribution >= 0.6 is 11.3 Å². The second kappa shape index (κ2) is 7.02. The molecule has 1 fully saturated rings. The fourth-order valence-corrected chi connectivity index (χ4v) is 5.29. The Morgan fingerprint density at radius 3 is 2.40 bits per heavy atom. The lowest BCUT2D eigenvalue weighted by Gasteiger charge is -2.41. The minimum atomic E-state index is -4.91. The van der Waals surface area contributed by atoms with Gasteiger partial charge >= 0.3 is 6.18 Å². The molecule has 4 rings (SSSR count). The molecule has 9 heteroatoms. The number of hydrazone groups is 1. The van der Waals surface area contributed by atoms with Gasteiger partial charge in [-0.1, -0.05) is 27.2 Å². The van der Waals surface area contributed by atoms with Gasteiger partial charge in [0.25, 0.3) is 5.72 Å². The Balaban J connectivity index is 1.79. The standard InChI is InChI=1S/C21H23F4N3OS/c1-19(2,3)14-5-4-6-15-17(14)27-28(20(15,29)21(23,24)25)18-26-16(11-30-18)12-7-9-13(22)10-8-12/h7-11,14-15,29H,4-6H2,1-3H3/t14-,15-,20+/m0/s1. The Morgan fingerprint density at radius 2 is 1.80 bits per heavy atom. The quantitative estimate of drug-likeness (QED) is 0.596. The van der Waals surface area contributed by atoms with E-state index in [1.807, 2.05) is 20.8 Å². The van der Waals surface area contributed by atoms with E-state index in [0.717, 1.165) is 17.8 Å². The first-order chi connectivity index (χ1) is 13.9. The van der Waals surface area contributed by atoms with E-state index >= 15 is 0 Å². The maximum atomic E-state index is 14.2. The summed E-state index contributed by atoms with van der Waals surface area (Å²) in [7, 11) is 0. The fourth-order valence-electron chi connectivity index (χ4n) is 4.45. The van der Waals surface area contributed by atoms with Crippen LogP contribution in [0, 0.1) is 23.1 Å². The third-order valence-corrected chi connectivity index (χ3v) is 6.82. The van der Waals surface area contributed by atoms with Gasteiger partial charge in [-0.25, -0.2) is 9.37 Å². The molecule has 0 bridgehead atoms. The SMILES string of the molecule is CC(C)(C)[C@H]1CCC[C@H]2C1=NN(c1nc(-c3ccc(F)cc3)cs1)[C@]2(O)C(F)(F)F. The molecule has 1 aromatic heterocycles. The molecule has 2 heterocycles. The normalized spacial score (nSPS) is 27.2. The van der Waals surface area contributed by atoms with Crippen LogP contribution in [0.4, 0.5) is 22.7 Å². The van der Waals surface area contributed by atoms with Crippen LogP contribution in [-0.4, -0.2) is 27.7 Å². The van der Waals surface area contributed by atoms with Gasteiger partial charge < -0.3 is 5.11 Å². The molecule has 30 heavy (non-hydrogen) atoms. The van der Waals surface area contributed by atoms with E-state index in [-0.39, 0.29) is 22.9 Å². The first-order valence-electron chi connectivity index (χ1n) is 9.82. The van der Waals surface area contributed by atoms with E-state index in [9.17, 15) is 22.7 Å². The molecule has 1 saturated carbocycles. The summed E-state index contributed by atoms with van der Waals surface area (Å²) in [6.45, 7) is 5.94. The number of fused-ring (bicyclic) bond motifs is 1. The van der Waals surface area contributed by atoms with Gasteiger partial charge in [-0.05, 0) is 42.5 Å². The van der Waals surface area contributed by atoms with Crippen LogP contribution in [0.2, 0.25) is 0 Å². The van der Waals surface area contributed by atoms with E-state index in [1.54, 1.807) is 5.38 Å². The van der Waals surface area contributed by atoms with Gasteiger partial charge in [0.2, 0.25) is 5.13 Å². The average molecular weight is 441 g/mol. The molecular weight excluding hydrogens is 418 g/mol. The molecule has 1 aliphatic heterocycles. The number of halogens is 4. The molecular formula is C21H23F4N3OS. The van der Waals surface area contributed by atoms with Gasteiger partial charge in [-0.3, -0.25) is 0 Å². The van der Waals surface area contributed by atoms with Crippen molar-refractivity contribution in [2.24, 2.45) is 22.4 Å². The van der Waals surface area contributed by atoms with Gasteiger partial charge in [0.15, 0.2) is 0 Å². The highest BCUT2D eigenvalue weighted by Crippen LogP contribution is 2.53. The van der Waals surface area contributed by atoms with Crippen molar-refractivity contribution < 1.29 is 22.7 Å². The van der Waals surface area contributed by atoms with E-state index in [0.29, 0.717) is 28.4 Å². The molecule has 0 unspecified atom stereocenters. The van der Waals surface area contributed by atoms with Crippen molar-refractivity contribution in [3.05, 3.63) is 35.5 Å². The molecule has 1 N–H and O–H groups in total. The maximum Gasteiger partial charge on any atom is 0.439 e. The number of aromatic nitrogens is 1. The van der Waals surface area contributed by atoms with Crippen LogP contribution in [0.5, 0.6) is 0 Å². The number of aliphatic hydroxyl groups is 1. The highest BCUT2D eigenvalue weighted by molar-refractivity contribution is 7.14. The maximum absolute atomic E-state index is 14.2. The zero-order chi connectivity index (χ0) is 21.9. The highest BCUT2D eigenvalue weighted by atomic mass is 32.1. The molecule has 162 valence electrons. The Labute approximate surface area is 176 Å². The first kappa shape index (κ1) is 21.2. The van der Waals surface area contributed by atoms with Crippen LogP contribution in [-0.2, 0) is 0 Å². The largest absolute Gasteiger partial charge is 0.439 e. The predicted molar refractivity (Wildman–Crippen MR) is 109 cm³/mol. The molecule has 0 amide bonds. The lowest BCUT2D eigenvalue weighted by atomic mass is 9.66. The number of hydrogen-bond donors (Lipinski definition) is 1. The number of hydrogen-bond acceptors (Lipinski definition) is 5. The summed E-state index contributed by atoms with van der Waals surface area (Å²) in [5, 5.41) is 17.6. The summed E-state index contributed by atoms with van der Waals surface area (Å²) in [6, 6.07) is 5.54. The summed E-state index contributed by atoms with van der Waals surface area (Å²) in [6.07, 6.45) is -3.37. The van der Waals surface area contributed by atoms with Crippen LogP contribution < -0.4 is 5.01 Å². The Morgan fingerprint density at radius 1 is 1.13 bits per heavy atom. The van der Waals surface area contributed by atoms with Crippen LogP contribution in [0.1, 0.15) is 40.0 Å². The number of thiazole rings is 1. The molecule has 0 saturated heterocycles. The van der Waals surface area contributed by atoms with Gasteiger partial charge in [0.1, 0.15) is 5.82 Å². The first-order valence-corrected chi connectivity index (χ1v) is 10.7. The zero-order valence-electron chi connectivity index (χ0n) is 16.9. The van der Waals surface area contributed by atoms with E-state index in [1.165, 1.54) is 24.3 Å². The van der Waals surface area contributed by atoms with E-state index < -0.39 is 23.6 Å². The van der Waals surface area contributed by atoms with Crippen LogP contribution in [0.25, 0.3) is 11.3 Å². The monoisotopic (exact) mass is 441 g/mol. The number of rotatable bonds is 2. The van der Waals surface area contributed by atoms with Crippen molar-refractivity contribution in [2.75, 3.05) is 5.01 Å². The molecule has 1 aliphatic carbocycles. The zero-order valence-corrected chi connectivity index (χ0v) is 17.7. The molecule has 3 atom stereocenters. The van der Waals surface area contributed by atoms with Gasteiger partial charge in [0, 0.05) is 16.9 Å². The minimum Gasteiger partial charge on any atom is -0.362 e. The van der Waals surface area contributed by atoms with Crippen molar-refractivity contribution in [3.8, 4) is 11.3 Å². The van der Waals surface area contributed by atoms with Crippen molar-refractivity contribution in [1.82, 2.24) is 4.98 Å². The second-order valence-electron chi connectivity index (χ2n) is 8.98. The number of nitrogens with zero attached hydrogens (tertiary/aromatic N) is 3. The van der Waals surface area contributed by atoms with Gasteiger partial charge in [-0.15, -0.1) is 11.3 Å². The predicted octanol–water partition coefficient (Wildman–Crippen LogP) is 5.84. The van der Waals surface area contributed by atoms with E-state index in [4.69, 9.17) is 0 Å². The molecule has 2 aromatic rings. The van der Waals surface area contributed by atoms with Crippen molar-refractivity contribution in [2.45, 2.75) is 51.9 Å². The summed E-state index contributed by atoms with van der Waals surface area (Å²) in [5.41, 5.74) is -2.04. The molecule has 0 radical (unpaired) electrons. The number of alkyl halides is 3. The molecule has 2 aliphatic rings. The fraction of sp³-hybridized carbons (Fsp3) is 0.524. The van der Waals surface area contributed by atoms with Crippen LogP contribution in [0.15, 0.2) is 34.7 Å². The summed E-state index contributed by atoms with van der Waals surface area (Å²) < 4.78 is 55.8. The smallest absolute Gasteiger partial charge is 0.362 e. The summed E-state index contributed by atoms with van der Waals surface area (Å²) in [5.74, 6) is -1.70. The molecule has 4 nitrogen and oxygen atoms in total. The summed E-state index contributed by atoms with van der Waals surface area (Å²) in [4.78, 5) is 4.30. The van der Waals surface area contributed by atoms with Crippen molar-refractivity contribution in [3.63, 3.8) is 0 Å². The number of benzene rings is 1. The lowest BCUT2D eigenvalue weighted by molar-refractivity contribution is -0.269.